The Labute approximate surface area is 121 Å². The predicted octanol–water partition coefficient (Wildman–Crippen LogP) is 2.48. The van der Waals surface area contributed by atoms with Crippen molar-refractivity contribution in [2.24, 2.45) is 0 Å². The van der Waals surface area contributed by atoms with E-state index >= 15 is 0 Å². The van der Waals surface area contributed by atoms with Gasteiger partial charge in [-0.2, -0.15) is 0 Å². The first-order chi connectivity index (χ1) is 9.34. The second-order valence-corrected chi connectivity index (χ2v) is 6.76. The van der Waals surface area contributed by atoms with Crippen molar-refractivity contribution in [3.8, 4) is 0 Å². The number of hydrogen-bond acceptors (Lipinski definition) is 3. The maximum atomic E-state index is 11.8. The highest BCUT2D eigenvalue weighted by atomic mass is 32.2. The van der Waals surface area contributed by atoms with Crippen LogP contribution in [0.15, 0.2) is 11.6 Å². The minimum atomic E-state index is 0.208. The number of hydrogen-bond donors (Lipinski definition) is 2. The first kappa shape index (κ1) is 14.9. The Bertz CT molecular complexity index is 311. The predicted molar refractivity (Wildman–Crippen MR) is 82.5 cm³/mol. The molecule has 0 aromatic heterocycles. The molecule has 19 heavy (non-hydrogen) atoms. The fraction of sp³-hybridized carbons (Fsp3) is 0.800. The zero-order valence-corrected chi connectivity index (χ0v) is 12.6. The van der Waals surface area contributed by atoms with Gasteiger partial charge in [0.2, 0.25) is 5.91 Å². The summed E-state index contributed by atoms with van der Waals surface area (Å²) in [5.74, 6) is 0.837. The van der Waals surface area contributed by atoms with Gasteiger partial charge in [0.25, 0.3) is 0 Å². The molecule has 0 bridgehead atoms. The fourth-order valence-corrected chi connectivity index (χ4v) is 3.76. The highest BCUT2D eigenvalue weighted by molar-refractivity contribution is 8.00. The molecule has 2 N–H and O–H groups in total. The minimum absolute atomic E-state index is 0.208. The minimum Gasteiger partial charge on any atom is -0.355 e. The quantitative estimate of drug-likeness (QED) is 0.735. The number of amides is 1. The van der Waals surface area contributed by atoms with Gasteiger partial charge in [-0.1, -0.05) is 11.6 Å². The van der Waals surface area contributed by atoms with Crippen molar-refractivity contribution in [3.05, 3.63) is 11.6 Å². The van der Waals surface area contributed by atoms with Crippen molar-refractivity contribution >= 4 is 17.7 Å². The summed E-state index contributed by atoms with van der Waals surface area (Å²) < 4.78 is 0. The van der Waals surface area contributed by atoms with Crippen molar-refractivity contribution < 1.29 is 4.79 Å². The van der Waals surface area contributed by atoms with Gasteiger partial charge in [0.15, 0.2) is 0 Å². The molecule has 4 heteroatoms. The lowest BCUT2D eigenvalue weighted by molar-refractivity contribution is -0.118. The molecule has 1 amide bonds. The molecule has 2 rings (SSSR count). The van der Waals surface area contributed by atoms with E-state index in [1.165, 1.54) is 44.1 Å². The molecule has 2 aliphatic rings. The van der Waals surface area contributed by atoms with Crippen LogP contribution < -0.4 is 10.6 Å². The van der Waals surface area contributed by atoms with E-state index in [0.29, 0.717) is 11.0 Å². The lowest BCUT2D eigenvalue weighted by atomic mass is 9.97. The second-order valence-electron chi connectivity index (χ2n) is 5.47. The molecular formula is C15H26N2OS. The molecule has 1 heterocycles. The lowest BCUT2D eigenvalue weighted by Crippen LogP contribution is -2.31. The van der Waals surface area contributed by atoms with E-state index in [2.05, 4.69) is 16.7 Å². The molecular weight excluding hydrogens is 256 g/mol. The number of nitrogens with one attached hydrogen (secondary N) is 2. The van der Waals surface area contributed by atoms with Crippen molar-refractivity contribution in [2.45, 2.75) is 50.2 Å². The molecule has 1 aliphatic carbocycles. The third kappa shape index (κ3) is 6.00. The summed E-state index contributed by atoms with van der Waals surface area (Å²) in [4.78, 5) is 11.8. The second kappa shape index (κ2) is 8.64. The van der Waals surface area contributed by atoms with Gasteiger partial charge < -0.3 is 10.6 Å². The van der Waals surface area contributed by atoms with Gasteiger partial charge in [0.1, 0.15) is 0 Å². The topological polar surface area (TPSA) is 41.1 Å². The molecule has 0 saturated carbocycles. The Balaban J connectivity index is 1.52. The molecule has 0 aromatic rings. The Morgan fingerprint density at radius 1 is 1.37 bits per heavy atom. The summed E-state index contributed by atoms with van der Waals surface area (Å²) >= 11 is 1.82. The van der Waals surface area contributed by atoms with Crippen molar-refractivity contribution in [3.63, 3.8) is 0 Å². The molecule has 1 saturated heterocycles. The van der Waals surface area contributed by atoms with Crippen LogP contribution in [-0.4, -0.2) is 36.5 Å². The zero-order valence-electron chi connectivity index (χ0n) is 11.7. The summed E-state index contributed by atoms with van der Waals surface area (Å²) in [5.41, 5.74) is 1.54. The molecule has 1 aliphatic heterocycles. The number of carbonyl (C=O) groups excluding carboxylic acids is 1. The van der Waals surface area contributed by atoms with E-state index in [0.717, 1.165) is 26.1 Å². The smallest absolute Gasteiger partial charge is 0.230 e. The molecule has 3 nitrogen and oxygen atoms in total. The van der Waals surface area contributed by atoms with Crippen LogP contribution in [0.4, 0.5) is 0 Å². The van der Waals surface area contributed by atoms with Crippen LogP contribution in [0.2, 0.25) is 0 Å². The van der Waals surface area contributed by atoms with Gasteiger partial charge in [-0.3, -0.25) is 4.79 Å². The van der Waals surface area contributed by atoms with Gasteiger partial charge >= 0.3 is 0 Å². The van der Waals surface area contributed by atoms with Crippen molar-refractivity contribution in [1.82, 2.24) is 10.6 Å². The van der Waals surface area contributed by atoms with Crippen molar-refractivity contribution in [1.29, 1.82) is 0 Å². The third-order valence-electron chi connectivity index (χ3n) is 3.89. The Hall–Kier alpha value is -0.480. The highest BCUT2D eigenvalue weighted by Crippen LogP contribution is 2.20. The molecule has 0 aromatic carbocycles. The summed E-state index contributed by atoms with van der Waals surface area (Å²) in [6, 6.07) is 0. The molecule has 108 valence electrons. The van der Waals surface area contributed by atoms with Crippen LogP contribution in [0, 0.1) is 0 Å². The zero-order chi connectivity index (χ0) is 13.3. The maximum Gasteiger partial charge on any atom is 0.230 e. The summed E-state index contributed by atoms with van der Waals surface area (Å²) in [5, 5.41) is 7.08. The first-order valence-corrected chi connectivity index (χ1v) is 8.66. The Morgan fingerprint density at radius 2 is 2.21 bits per heavy atom. The number of rotatable bonds is 6. The highest BCUT2D eigenvalue weighted by Gasteiger charge is 2.14. The summed E-state index contributed by atoms with van der Waals surface area (Å²) in [6.07, 6.45) is 10.9. The first-order valence-electron chi connectivity index (χ1n) is 7.61. The average Bonchev–Trinajstić information content (AvgIpc) is 2.47. The number of piperidine rings is 1. The van der Waals surface area contributed by atoms with Gasteiger partial charge in [-0.05, 0) is 58.0 Å². The summed E-state index contributed by atoms with van der Waals surface area (Å²) in [7, 11) is 0. The SMILES string of the molecule is O=C(CSC1CCNCC1)NCCC1=CCCCC1. The standard InChI is InChI=1S/C15H26N2OS/c18-15(12-19-14-7-9-16-10-8-14)17-11-6-13-4-2-1-3-5-13/h4,14,16H,1-3,5-12H2,(H,17,18). The van der Waals surface area contributed by atoms with Crippen LogP contribution in [0.1, 0.15) is 44.9 Å². The van der Waals surface area contributed by atoms with Crippen LogP contribution in [-0.2, 0) is 4.79 Å². The van der Waals surface area contributed by atoms with Crippen LogP contribution in [0.3, 0.4) is 0 Å². The fourth-order valence-electron chi connectivity index (χ4n) is 2.70. The van der Waals surface area contributed by atoms with Crippen LogP contribution in [0.25, 0.3) is 0 Å². The normalized spacial score (nSPS) is 20.9. The number of carbonyl (C=O) groups is 1. The number of allylic oxidation sites excluding steroid dienone is 1. The van der Waals surface area contributed by atoms with E-state index in [9.17, 15) is 4.79 Å². The van der Waals surface area contributed by atoms with E-state index in [4.69, 9.17) is 0 Å². The lowest BCUT2D eigenvalue weighted by Gasteiger charge is -2.21. The molecule has 1 fully saturated rings. The molecule has 0 spiro atoms. The Kier molecular flexibility index (Phi) is 6.79. The van der Waals surface area contributed by atoms with E-state index in [1.807, 2.05) is 11.8 Å². The largest absolute Gasteiger partial charge is 0.355 e. The Morgan fingerprint density at radius 3 is 2.95 bits per heavy atom. The van der Waals surface area contributed by atoms with Gasteiger partial charge in [0.05, 0.1) is 5.75 Å². The van der Waals surface area contributed by atoms with Gasteiger partial charge in [-0.15, -0.1) is 11.8 Å². The number of thioether (sulfide) groups is 1. The van der Waals surface area contributed by atoms with Crippen LogP contribution in [0.5, 0.6) is 0 Å². The summed E-state index contributed by atoms with van der Waals surface area (Å²) in [6.45, 7) is 3.03. The van der Waals surface area contributed by atoms with Gasteiger partial charge in [0, 0.05) is 11.8 Å². The molecule has 0 unspecified atom stereocenters. The maximum absolute atomic E-state index is 11.8. The average molecular weight is 282 g/mol. The van der Waals surface area contributed by atoms with E-state index in [-0.39, 0.29) is 5.91 Å². The van der Waals surface area contributed by atoms with Crippen molar-refractivity contribution in [2.75, 3.05) is 25.4 Å². The monoisotopic (exact) mass is 282 g/mol. The van der Waals surface area contributed by atoms with E-state index in [1.54, 1.807) is 0 Å². The molecule has 0 radical (unpaired) electrons. The third-order valence-corrected chi connectivity index (χ3v) is 5.26. The van der Waals surface area contributed by atoms with Gasteiger partial charge in [-0.25, -0.2) is 0 Å². The van der Waals surface area contributed by atoms with Crippen LogP contribution >= 0.6 is 11.8 Å². The van der Waals surface area contributed by atoms with E-state index < -0.39 is 0 Å². The molecule has 0 atom stereocenters.